The van der Waals surface area contributed by atoms with Crippen LogP contribution in [0.2, 0.25) is 5.28 Å². The molecular weight excluding hydrogens is 214 g/mol. The molecule has 0 spiro atoms. The predicted octanol–water partition coefficient (Wildman–Crippen LogP) is 1.93. The monoisotopic (exact) mass is 225 g/mol. The largest absolute Gasteiger partial charge is 0.371 e. The number of aryl methyl sites for hydroxylation is 1. The van der Waals surface area contributed by atoms with Crippen molar-refractivity contribution in [2.75, 3.05) is 12.4 Å². The van der Waals surface area contributed by atoms with E-state index >= 15 is 0 Å². The topological polar surface area (TPSA) is 55.6 Å². The molecule has 2 aromatic rings. The van der Waals surface area contributed by atoms with Gasteiger partial charge < -0.3 is 9.88 Å². The van der Waals surface area contributed by atoms with Gasteiger partial charge >= 0.3 is 0 Å². The third-order valence-corrected chi connectivity index (χ3v) is 2.32. The van der Waals surface area contributed by atoms with Crippen LogP contribution in [0.1, 0.15) is 13.3 Å². The second kappa shape index (κ2) is 4.02. The molecule has 2 rings (SSSR count). The van der Waals surface area contributed by atoms with E-state index in [-0.39, 0.29) is 5.28 Å². The van der Waals surface area contributed by atoms with Crippen LogP contribution in [0, 0.1) is 0 Å². The summed E-state index contributed by atoms with van der Waals surface area (Å²) in [6.45, 7) is 3.01. The van der Waals surface area contributed by atoms with Gasteiger partial charge in [0, 0.05) is 13.6 Å². The Hall–Kier alpha value is -1.36. The molecule has 0 aliphatic heterocycles. The normalized spacial score (nSPS) is 10.9. The van der Waals surface area contributed by atoms with E-state index in [4.69, 9.17) is 11.6 Å². The summed E-state index contributed by atoms with van der Waals surface area (Å²) in [4.78, 5) is 12.4. The van der Waals surface area contributed by atoms with Crippen molar-refractivity contribution >= 4 is 28.6 Å². The lowest BCUT2D eigenvalue weighted by Crippen LogP contribution is -2.01. The summed E-state index contributed by atoms with van der Waals surface area (Å²) in [5, 5.41) is 3.22. The number of rotatable bonds is 3. The molecule has 0 saturated heterocycles. The summed E-state index contributed by atoms with van der Waals surface area (Å²) in [5.74, 6) is 0.718. The van der Waals surface area contributed by atoms with Crippen LogP contribution in [-0.2, 0) is 6.54 Å². The van der Waals surface area contributed by atoms with E-state index in [1.807, 2.05) is 4.57 Å². The van der Waals surface area contributed by atoms with E-state index in [0.29, 0.717) is 5.65 Å². The molecule has 1 N–H and O–H groups in total. The molecule has 0 aromatic carbocycles. The van der Waals surface area contributed by atoms with Crippen LogP contribution in [0.25, 0.3) is 11.2 Å². The van der Waals surface area contributed by atoms with E-state index < -0.39 is 0 Å². The second-order valence-corrected chi connectivity index (χ2v) is 3.54. The highest BCUT2D eigenvalue weighted by atomic mass is 35.5. The molecule has 15 heavy (non-hydrogen) atoms. The van der Waals surface area contributed by atoms with Gasteiger partial charge in [0.15, 0.2) is 11.5 Å². The van der Waals surface area contributed by atoms with Crippen molar-refractivity contribution in [1.29, 1.82) is 0 Å². The summed E-state index contributed by atoms with van der Waals surface area (Å²) in [7, 11) is 1.81. The minimum Gasteiger partial charge on any atom is -0.371 e. The van der Waals surface area contributed by atoms with Crippen molar-refractivity contribution in [3.63, 3.8) is 0 Å². The molecule has 80 valence electrons. The predicted molar refractivity (Wildman–Crippen MR) is 60.2 cm³/mol. The third-order valence-electron chi connectivity index (χ3n) is 2.15. The molecular formula is C9H12ClN5. The number of fused-ring (bicyclic) bond motifs is 1. The Morgan fingerprint density at radius 3 is 2.93 bits per heavy atom. The highest BCUT2D eigenvalue weighted by molar-refractivity contribution is 6.28. The molecule has 2 aromatic heterocycles. The third kappa shape index (κ3) is 1.74. The van der Waals surface area contributed by atoms with Gasteiger partial charge in [-0.1, -0.05) is 6.92 Å². The van der Waals surface area contributed by atoms with Crippen molar-refractivity contribution in [3.8, 4) is 0 Å². The van der Waals surface area contributed by atoms with Gasteiger partial charge in [0.05, 0.1) is 6.33 Å². The van der Waals surface area contributed by atoms with Gasteiger partial charge in [0.2, 0.25) is 5.28 Å². The fraction of sp³-hybridized carbons (Fsp3) is 0.444. The smallest absolute Gasteiger partial charge is 0.226 e. The first-order valence-corrected chi connectivity index (χ1v) is 5.20. The SMILES string of the molecule is CCCn1cnc2nc(Cl)nc(NC)c21. The number of aromatic nitrogens is 4. The quantitative estimate of drug-likeness (QED) is 0.811. The standard InChI is InChI=1S/C9H12ClN5/c1-3-4-15-5-12-8-6(15)7(11-2)13-9(10)14-8/h5H,3-4H2,1-2H3,(H,11,13,14). The average Bonchev–Trinajstić information content (AvgIpc) is 2.61. The maximum absolute atomic E-state index is 5.78. The van der Waals surface area contributed by atoms with Gasteiger partial charge in [-0.05, 0) is 18.0 Å². The summed E-state index contributed by atoms with van der Waals surface area (Å²) in [6, 6.07) is 0. The van der Waals surface area contributed by atoms with Crippen LogP contribution in [0.15, 0.2) is 6.33 Å². The lowest BCUT2D eigenvalue weighted by atomic mass is 10.4. The lowest BCUT2D eigenvalue weighted by Gasteiger charge is -2.05. The number of halogens is 1. The van der Waals surface area contributed by atoms with Gasteiger partial charge in [0.1, 0.15) is 5.52 Å². The van der Waals surface area contributed by atoms with E-state index in [2.05, 4.69) is 27.2 Å². The Morgan fingerprint density at radius 1 is 1.47 bits per heavy atom. The number of nitrogens with one attached hydrogen (secondary N) is 1. The molecule has 0 atom stereocenters. The fourth-order valence-corrected chi connectivity index (χ4v) is 1.70. The maximum atomic E-state index is 5.78. The Morgan fingerprint density at radius 2 is 2.27 bits per heavy atom. The number of hydrogen-bond donors (Lipinski definition) is 1. The highest BCUT2D eigenvalue weighted by Crippen LogP contribution is 2.21. The second-order valence-electron chi connectivity index (χ2n) is 3.20. The summed E-state index contributed by atoms with van der Waals surface area (Å²) < 4.78 is 2.03. The number of nitrogens with zero attached hydrogens (tertiary/aromatic N) is 4. The van der Waals surface area contributed by atoms with Crippen LogP contribution in [0.3, 0.4) is 0 Å². The van der Waals surface area contributed by atoms with Gasteiger partial charge in [-0.25, -0.2) is 4.98 Å². The molecule has 0 bridgehead atoms. The summed E-state index contributed by atoms with van der Waals surface area (Å²) >= 11 is 5.78. The molecule has 6 heteroatoms. The van der Waals surface area contributed by atoms with Crippen molar-refractivity contribution in [1.82, 2.24) is 19.5 Å². The molecule has 0 saturated carbocycles. The molecule has 0 aliphatic rings. The van der Waals surface area contributed by atoms with Crippen molar-refractivity contribution in [2.45, 2.75) is 19.9 Å². The minimum atomic E-state index is 0.216. The Bertz CT molecular complexity index is 479. The van der Waals surface area contributed by atoms with Crippen LogP contribution >= 0.6 is 11.6 Å². The van der Waals surface area contributed by atoms with Crippen LogP contribution < -0.4 is 5.32 Å². The van der Waals surface area contributed by atoms with Crippen LogP contribution in [-0.4, -0.2) is 26.6 Å². The molecule has 0 amide bonds. The maximum Gasteiger partial charge on any atom is 0.226 e. The molecule has 0 unspecified atom stereocenters. The van der Waals surface area contributed by atoms with Gasteiger partial charge in [0.25, 0.3) is 0 Å². The van der Waals surface area contributed by atoms with Gasteiger partial charge in [-0.2, -0.15) is 9.97 Å². The summed E-state index contributed by atoms with van der Waals surface area (Å²) in [5.41, 5.74) is 1.54. The lowest BCUT2D eigenvalue weighted by molar-refractivity contribution is 0.697. The Labute approximate surface area is 92.5 Å². The van der Waals surface area contributed by atoms with E-state index in [0.717, 1.165) is 24.3 Å². The molecule has 0 fully saturated rings. The molecule has 0 aliphatic carbocycles. The zero-order valence-electron chi connectivity index (χ0n) is 8.66. The van der Waals surface area contributed by atoms with Gasteiger partial charge in [-0.3, -0.25) is 0 Å². The van der Waals surface area contributed by atoms with E-state index in [1.165, 1.54) is 0 Å². The average molecular weight is 226 g/mol. The van der Waals surface area contributed by atoms with Crippen molar-refractivity contribution < 1.29 is 0 Å². The first kappa shape index (κ1) is 10.2. The van der Waals surface area contributed by atoms with Crippen LogP contribution in [0.4, 0.5) is 5.82 Å². The Kier molecular flexibility index (Phi) is 2.73. The number of hydrogen-bond acceptors (Lipinski definition) is 4. The molecule has 2 heterocycles. The fourth-order valence-electron chi connectivity index (χ4n) is 1.54. The molecule has 0 radical (unpaired) electrons. The first-order valence-electron chi connectivity index (χ1n) is 4.82. The number of anilines is 1. The van der Waals surface area contributed by atoms with Gasteiger partial charge in [-0.15, -0.1) is 0 Å². The zero-order chi connectivity index (χ0) is 10.8. The Balaban J connectivity index is 2.66. The van der Waals surface area contributed by atoms with E-state index in [1.54, 1.807) is 13.4 Å². The number of imidazole rings is 1. The van der Waals surface area contributed by atoms with E-state index in [9.17, 15) is 0 Å². The first-order chi connectivity index (χ1) is 7.26. The highest BCUT2D eigenvalue weighted by Gasteiger charge is 2.10. The van der Waals surface area contributed by atoms with Crippen molar-refractivity contribution in [3.05, 3.63) is 11.6 Å². The zero-order valence-corrected chi connectivity index (χ0v) is 9.41. The van der Waals surface area contributed by atoms with Crippen molar-refractivity contribution in [2.24, 2.45) is 0 Å². The minimum absolute atomic E-state index is 0.216. The molecule has 5 nitrogen and oxygen atoms in total. The van der Waals surface area contributed by atoms with Crippen LogP contribution in [0.5, 0.6) is 0 Å². The summed E-state index contributed by atoms with van der Waals surface area (Å²) in [6.07, 6.45) is 2.80.